The van der Waals surface area contributed by atoms with Crippen LogP contribution in [0.1, 0.15) is 52.1 Å². The van der Waals surface area contributed by atoms with Gasteiger partial charge in [0.2, 0.25) is 0 Å². The minimum atomic E-state index is 0.400. The van der Waals surface area contributed by atoms with Crippen LogP contribution in [0.2, 0.25) is 0 Å². The molecule has 0 aliphatic heterocycles. The van der Waals surface area contributed by atoms with Crippen molar-refractivity contribution >= 4 is 15.9 Å². The zero-order valence-electron chi connectivity index (χ0n) is 12.5. The van der Waals surface area contributed by atoms with Crippen LogP contribution in [0.4, 0.5) is 0 Å². The van der Waals surface area contributed by atoms with Gasteiger partial charge < -0.3 is 10.1 Å². The van der Waals surface area contributed by atoms with Crippen molar-refractivity contribution in [2.45, 2.75) is 46.6 Å². The molecular weight excluding hydrogens is 302 g/mol. The Morgan fingerprint density at radius 1 is 1.21 bits per heavy atom. The maximum Gasteiger partial charge on any atom is 0.133 e. The predicted molar refractivity (Wildman–Crippen MR) is 85.8 cm³/mol. The largest absolute Gasteiger partial charge is 0.492 e. The van der Waals surface area contributed by atoms with Crippen molar-refractivity contribution in [2.75, 3.05) is 13.2 Å². The van der Waals surface area contributed by atoms with Gasteiger partial charge in [-0.05, 0) is 58.9 Å². The molecule has 1 atom stereocenters. The van der Waals surface area contributed by atoms with E-state index >= 15 is 0 Å². The Bertz CT molecular complexity index is 379. The fourth-order valence-corrected chi connectivity index (χ4v) is 2.59. The summed E-state index contributed by atoms with van der Waals surface area (Å²) in [5, 5.41) is 3.61. The van der Waals surface area contributed by atoms with E-state index in [1.807, 2.05) is 0 Å². The third-order valence-corrected chi connectivity index (χ3v) is 3.68. The second kappa shape index (κ2) is 8.60. The van der Waals surface area contributed by atoms with Gasteiger partial charge in [-0.25, -0.2) is 0 Å². The number of hydrogen-bond acceptors (Lipinski definition) is 2. The Morgan fingerprint density at radius 2 is 1.95 bits per heavy atom. The van der Waals surface area contributed by atoms with Crippen LogP contribution < -0.4 is 10.1 Å². The SMILES string of the molecule is CCCNC(c1ccc(OCCC)c(Br)c1)C(C)C. The van der Waals surface area contributed by atoms with Gasteiger partial charge in [-0.1, -0.05) is 33.8 Å². The fourth-order valence-electron chi connectivity index (χ4n) is 2.08. The van der Waals surface area contributed by atoms with E-state index in [1.165, 1.54) is 5.56 Å². The zero-order chi connectivity index (χ0) is 14.3. The number of hydrogen-bond donors (Lipinski definition) is 1. The Balaban J connectivity index is 2.83. The topological polar surface area (TPSA) is 21.3 Å². The van der Waals surface area contributed by atoms with Gasteiger partial charge in [0.15, 0.2) is 0 Å². The number of ether oxygens (including phenoxy) is 1. The lowest BCUT2D eigenvalue weighted by Crippen LogP contribution is -2.26. The maximum absolute atomic E-state index is 5.70. The highest BCUT2D eigenvalue weighted by atomic mass is 79.9. The number of benzene rings is 1. The summed E-state index contributed by atoms with van der Waals surface area (Å²) in [5.74, 6) is 1.50. The molecule has 0 heterocycles. The number of halogens is 1. The molecule has 0 aliphatic carbocycles. The molecule has 0 aromatic heterocycles. The second-order valence-corrected chi connectivity index (χ2v) is 6.07. The van der Waals surface area contributed by atoms with Gasteiger partial charge in [0.25, 0.3) is 0 Å². The first-order valence-corrected chi connectivity index (χ1v) is 8.05. The molecule has 0 bridgehead atoms. The van der Waals surface area contributed by atoms with Crippen molar-refractivity contribution in [1.29, 1.82) is 0 Å². The van der Waals surface area contributed by atoms with Crippen LogP contribution in [0.15, 0.2) is 22.7 Å². The zero-order valence-corrected chi connectivity index (χ0v) is 14.1. The monoisotopic (exact) mass is 327 g/mol. The predicted octanol–water partition coefficient (Wildman–Crippen LogP) is 4.93. The first-order valence-electron chi connectivity index (χ1n) is 7.25. The van der Waals surface area contributed by atoms with Crippen LogP contribution in [0.5, 0.6) is 5.75 Å². The van der Waals surface area contributed by atoms with Crippen molar-refractivity contribution in [1.82, 2.24) is 5.32 Å². The normalized spacial score (nSPS) is 12.7. The van der Waals surface area contributed by atoms with Crippen LogP contribution in [0.25, 0.3) is 0 Å². The van der Waals surface area contributed by atoms with Crippen molar-refractivity contribution in [3.8, 4) is 5.75 Å². The summed E-state index contributed by atoms with van der Waals surface area (Å²) in [6, 6.07) is 6.82. The molecule has 19 heavy (non-hydrogen) atoms. The Kier molecular flexibility index (Phi) is 7.47. The van der Waals surface area contributed by atoms with Crippen LogP contribution in [-0.4, -0.2) is 13.2 Å². The molecule has 1 aromatic rings. The van der Waals surface area contributed by atoms with E-state index in [2.05, 4.69) is 67.1 Å². The van der Waals surface area contributed by atoms with E-state index in [0.717, 1.165) is 36.2 Å². The Morgan fingerprint density at radius 3 is 2.47 bits per heavy atom. The minimum Gasteiger partial charge on any atom is -0.492 e. The van der Waals surface area contributed by atoms with Crippen molar-refractivity contribution in [2.24, 2.45) is 5.92 Å². The van der Waals surface area contributed by atoms with Gasteiger partial charge >= 0.3 is 0 Å². The van der Waals surface area contributed by atoms with E-state index in [9.17, 15) is 0 Å². The van der Waals surface area contributed by atoms with Gasteiger partial charge in [0.1, 0.15) is 5.75 Å². The number of rotatable bonds is 8. The highest BCUT2D eigenvalue weighted by Gasteiger charge is 2.16. The molecule has 0 aliphatic rings. The van der Waals surface area contributed by atoms with Crippen LogP contribution in [0.3, 0.4) is 0 Å². The lowest BCUT2D eigenvalue weighted by Gasteiger charge is -2.23. The summed E-state index contributed by atoms with van der Waals surface area (Å²) in [4.78, 5) is 0. The maximum atomic E-state index is 5.70. The molecule has 0 amide bonds. The summed E-state index contributed by atoms with van der Waals surface area (Å²) in [6.45, 7) is 10.6. The molecule has 1 N–H and O–H groups in total. The highest BCUT2D eigenvalue weighted by Crippen LogP contribution is 2.31. The third kappa shape index (κ3) is 5.15. The molecule has 108 valence electrons. The number of nitrogens with one attached hydrogen (secondary N) is 1. The Hall–Kier alpha value is -0.540. The molecule has 0 spiro atoms. The lowest BCUT2D eigenvalue weighted by atomic mass is 9.96. The quantitative estimate of drug-likeness (QED) is 0.730. The summed E-state index contributed by atoms with van der Waals surface area (Å²) in [6.07, 6.45) is 2.18. The van der Waals surface area contributed by atoms with Crippen molar-refractivity contribution in [3.63, 3.8) is 0 Å². The molecule has 2 nitrogen and oxygen atoms in total. The lowest BCUT2D eigenvalue weighted by molar-refractivity contribution is 0.315. The van der Waals surface area contributed by atoms with Gasteiger partial charge in [-0.3, -0.25) is 0 Å². The first-order chi connectivity index (χ1) is 9.10. The molecular formula is C16H26BrNO. The van der Waals surface area contributed by atoms with Gasteiger partial charge in [-0.15, -0.1) is 0 Å². The standard InChI is InChI=1S/C16H26BrNO/c1-5-9-18-16(12(3)4)13-7-8-15(14(17)11-13)19-10-6-2/h7-8,11-12,16,18H,5-6,9-10H2,1-4H3. The molecule has 0 saturated heterocycles. The summed E-state index contributed by atoms with van der Waals surface area (Å²) in [5.41, 5.74) is 1.32. The van der Waals surface area contributed by atoms with Crippen LogP contribution in [-0.2, 0) is 0 Å². The minimum absolute atomic E-state index is 0.400. The Labute approximate surface area is 126 Å². The van der Waals surface area contributed by atoms with Crippen molar-refractivity contribution < 1.29 is 4.74 Å². The molecule has 0 fully saturated rings. The van der Waals surface area contributed by atoms with E-state index in [-0.39, 0.29) is 0 Å². The van der Waals surface area contributed by atoms with E-state index in [1.54, 1.807) is 0 Å². The van der Waals surface area contributed by atoms with Gasteiger partial charge in [0.05, 0.1) is 11.1 Å². The van der Waals surface area contributed by atoms with E-state index in [0.29, 0.717) is 12.0 Å². The van der Waals surface area contributed by atoms with Crippen molar-refractivity contribution in [3.05, 3.63) is 28.2 Å². The van der Waals surface area contributed by atoms with Gasteiger partial charge in [0, 0.05) is 6.04 Å². The summed E-state index contributed by atoms with van der Waals surface area (Å²) >= 11 is 3.61. The second-order valence-electron chi connectivity index (χ2n) is 5.21. The fraction of sp³-hybridized carbons (Fsp3) is 0.625. The average Bonchev–Trinajstić information content (AvgIpc) is 2.38. The van der Waals surface area contributed by atoms with Crippen LogP contribution >= 0.6 is 15.9 Å². The summed E-state index contributed by atoms with van der Waals surface area (Å²) in [7, 11) is 0. The molecule has 3 heteroatoms. The molecule has 1 rings (SSSR count). The first kappa shape index (κ1) is 16.5. The van der Waals surface area contributed by atoms with Gasteiger partial charge in [-0.2, -0.15) is 0 Å². The van der Waals surface area contributed by atoms with Crippen LogP contribution in [0, 0.1) is 5.92 Å². The average molecular weight is 328 g/mol. The summed E-state index contributed by atoms with van der Waals surface area (Å²) < 4.78 is 6.74. The molecule has 0 saturated carbocycles. The highest BCUT2D eigenvalue weighted by molar-refractivity contribution is 9.10. The smallest absolute Gasteiger partial charge is 0.133 e. The molecule has 0 radical (unpaired) electrons. The molecule has 1 aromatic carbocycles. The molecule has 1 unspecified atom stereocenters. The third-order valence-electron chi connectivity index (χ3n) is 3.06. The van der Waals surface area contributed by atoms with E-state index in [4.69, 9.17) is 4.74 Å². The van der Waals surface area contributed by atoms with E-state index < -0.39 is 0 Å².